The van der Waals surface area contributed by atoms with E-state index in [1.165, 1.54) is 5.56 Å². The van der Waals surface area contributed by atoms with Gasteiger partial charge in [0.2, 0.25) is 0 Å². The first kappa shape index (κ1) is 17.1. The fraction of sp³-hybridized carbons (Fsp3) is 0.800. The van der Waals surface area contributed by atoms with Crippen LogP contribution in [0.1, 0.15) is 45.3 Å². The quantitative estimate of drug-likeness (QED) is 0.753. The topological polar surface area (TPSA) is 56.3 Å². The van der Waals surface area contributed by atoms with Gasteiger partial charge in [0, 0.05) is 44.5 Å². The Balaban J connectivity index is 2.86. The minimum Gasteiger partial charge on any atom is -0.383 e. The molecule has 5 heteroatoms. The van der Waals surface area contributed by atoms with E-state index in [-0.39, 0.29) is 6.04 Å². The number of rotatable bonds is 9. The molecule has 0 aliphatic heterocycles. The molecule has 20 heavy (non-hydrogen) atoms. The Hall–Kier alpha value is -0.910. The summed E-state index contributed by atoms with van der Waals surface area (Å²) in [4.78, 5) is 2.40. The first-order chi connectivity index (χ1) is 9.49. The van der Waals surface area contributed by atoms with Gasteiger partial charge in [-0.15, -0.1) is 0 Å². The molecule has 1 heterocycles. The van der Waals surface area contributed by atoms with Crippen molar-refractivity contribution >= 4 is 0 Å². The summed E-state index contributed by atoms with van der Waals surface area (Å²) < 4.78 is 7.21. The molecule has 1 rings (SSSR count). The van der Waals surface area contributed by atoms with E-state index in [2.05, 4.69) is 43.9 Å². The normalized spacial score (nSPS) is 13.7. The summed E-state index contributed by atoms with van der Waals surface area (Å²) in [6, 6.07) is 0.583. The summed E-state index contributed by atoms with van der Waals surface area (Å²) in [7, 11) is 1.74. The molecule has 116 valence electrons. The highest BCUT2D eigenvalue weighted by Crippen LogP contribution is 2.21. The van der Waals surface area contributed by atoms with E-state index in [0.717, 1.165) is 19.7 Å². The third kappa shape index (κ3) is 4.89. The summed E-state index contributed by atoms with van der Waals surface area (Å²) >= 11 is 0. The Morgan fingerprint density at radius 1 is 1.35 bits per heavy atom. The molecule has 1 unspecified atom stereocenters. The van der Waals surface area contributed by atoms with Crippen LogP contribution >= 0.6 is 0 Å². The van der Waals surface area contributed by atoms with Gasteiger partial charge in [-0.1, -0.05) is 13.8 Å². The molecule has 0 saturated carbocycles. The summed E-state index contributed by atoms with van der Waals surface area (Å²) in [6.07, 6.45) is 4.06. The molecule has 0 spiro atoms. The van der Waals surface area contributed by atoms with Gasteiger partial charge >= 0.3 is 0 Å². The van der Waals surface area contributed by atoms with Gasteiger partial charge in [0.25, 0.3) is 0 Å². The molecule has 5 nitrogen and oxygen atoms in total. The van der Waals surface area contributed by atoms with E-state index < -0.39 is 0 Å². The van der Waals surface area contributed by atoms with Crippen LogP contribution in [0.2, 0.25) is 0 Å². The second-order valence-electron chi connectivity index (χ2n) is 5.98. The number of methoxy groups -OCH3 is 1. The first-order valence-electron chi connectivity index (χ1n) is 7.46. The lowest BCUT2D eigenvalue weighted by Gasteiger charge is -2.31. The molecule has 0 amide bonds. The van der Waals surface area contributed by atoms with Crippen LogP contribution in [0.5, 0.6) is 0 Å². The molecule has 2 N–H and O–H groups in total. The second-order valence-corrected chi connectivity index (χ2v) is 5.98. The van der Waals surface area contributed by atoms with Crippen LogP contribution < -0.4 is 5.73 Å². The van der Waals surface area contributed by atoms with Crippen LogP contribution in [0.3, 0.4) is 0 Å². The Morgan fingerprint density at radius 2 is 2.05 bits per heavy atom. The largest absolute Gasteiger partial charge is 0.383 e. The molecule has 1 aromatic rings. The number of nitrogens with zero attached hydrogens (tertiary/aromatic N) is 3. The lowest BCUT2D eigenvalue weighted by atomic mass is 10.1. The molecule has 1 aromatic heterocycles. The third-order valence-electron chi connectivity index (χ3n) is 3.38. The van der Waals surface area contributed by atoms with Gasteiger partial charge in [0.15, 0.2) is 0 Å². The molecule has 0 aliphatic rings. The molecular weight excluding hydrogens is 252 g/mol. The lowest BCUT2D eigenvalue weighted by Crippen LogP contribution is -2.38. The second kappa shape index (κ2) is 8.39. The predicted octanol–water partition coefficient (Wildman–Crippen LogP) is 2.07. The maximum atomic E-state index is 6.02. The summed E-state index contributed by atoms with van der Waals surface area (Å²) in [5.74, 6) is 0.598. The molecule has 0 saturated heterocycles. The van der Waals surface area contributed by atoms with E-state index in [1.807, 2.05) is 10.9 Å². The maximum Gasteiger partial charge on any atom is 0.0589 e. The van der Waals surface area contributed by atoms with Crippen LogP contribution in [-0.4, -0.2) is 48.0 Å². The zero-order valence-corrected chi connectivity index (χ0v) is 13.5. The van der Waals surface area contributed by atoms with Crippen LogP contribution in [0.25, 0.3) is 0 Å². The molecule has 0 radical (unpaired) electrons. The Morgan fingerprint density at radius 3 is 2.50 bits per heavy atom. The summed E-state index contributed by atoms with van der Waals surface area (Å²) in [6.45, 7) is 11.9. The average Bonchev–Trinajstić information content (AvgIpc) is 2.85. The van der Waals surface area contributed by atoms with Gasteiger partial charge in [-0.3, -0.25) is 9.58 Å². The smallest absolute Gasteiger partial charge is 0.0589 e. The van der Waals surface area contributed by atoms with E-state index in [9.17, 15) is 0 Å². The first-order valence-corrected chi connectivity index (χ1v) is 7.46. The van der Waals surface area contributed by atoms with E-state index in [4.69, 9.17) is 10.5 Å². The highest BCUT2D eigenvalue weighted by atomic mass is 16.5. The third-order valence-corrected chi connectivity index (χ3v) is 3.38. The van der Waals surface area contributed by atoms with Crippen LogP contribution in [-0.2, 0) is 4.74 Å². The van der Waals surface area contributed by atoms with Crippen molar-refractivity contribution in [3.63, 3.8) is 0 Å². The van der Waals surface area contributed by atoms with Gasteiger partial charge in [-0.2, -0.15) is 5.10 Å². The molecule has 0 bridgehead atoms. The van der Waals surface area contributed by atoms with Crippen molar-refractivity contribution in [3.05, 3.63) is 18.0 Å². The zero-order valence-electron chi connectivity index (χ0n) is 13.5. The number of nitrogens with two attached hydrogens (primary N) is 1. The fourth-order valence-corrected chi connectivity index (χ4v) is 2.36. The minimum absolute atomic E-state index is 0.208. The van der Waals surface area contributed by atoms with Crippen molar-refractivity contribution in [1.29, 1.82) is 0 Å². The highest BCUT2D eigenvalue weighted by molar-refractivity contribution is 5.12. The lowest BCUT2D eigenvalue weighted by molar-refractivity contribution is 0.112. The molecule has 0 aromatic carbocycles. The van der Waals surface area contributed by atoms with Gasteiger partial charge in [-0.05, 0) is 19.8 Å². The van der Waals surface area contributed by atoms with Crippen molar-refractivity contribution in [3.8, 4) is 0 Å². The Bertz CT molecular complexity index is 376. The summed E-state index contributed by atoms with van der Waals surface area (Å²) in [5.41, 5.74) is 7.21. The highest BCUT2D eigenvalue weighted by Gasteiger charge is 2.21. The van der Waals surface area contributed by atoms with Crippen molar-refractivity contribution < 1.29 is 4.74 Å². The monoisotopic (exact) mass is 282 g/mol. The molecule has 1 atom stereocenters. The van der Waals surface area contributed by atoms with E-state index in [0.29, 0.717) is 18.5 Å². The van der Waals surface area contributed by atoms with Gasteiger partial charge in [0.1, 0.15) is 0 Å². The molecular formula is C15H30N4O. The standard InChI is InChI=1S/C15H30N4O/c1-12(2)10-18(6-7-20-5)15(8-16)14-9-17-19(11-14)13(3)4/h9,11-13,15H,6-8,10,16H2,1-5H3. The SMILES string of the molecule is COCCN(CC(C)C)C(CN)c1cnn(C(C)C)c1. The Kier molecular flexibility index (Phi) is 7.19. The number of hydrogen-bond acceptors (Lipinski definition) is 4. The number of aromatic nitrogens is 2. The maximum absolute atomic E-state index is 6.02. The summed E-state index contributed by atoms with van der Waals surface area (Å²) in [5, 5.41) is 4.43. The fourth-order valence-electron chi connectivity index (χ4n) is 2.36. The molecule has 0 fully saturated rings. The van der Waals surface area contributed by atoms with Crippen LogP contribution in [0.15, 0.2) is 12.4 Å². The minimum atomic E-state index is 0.208. The van der Waals surface area contributed by atoms with Crippen molar-refractivity contribution in [2.24, 2.45) is 11.7 Å². The van der Waals surface area contributed by atoms with Crippen molar-refractivity contribution in [2.45, 2.75) is 39.8 Å². The van der Waals surface area contributed by atoms with Crippen molar-refractivity contribution in [1.82, 2.24) is 14.7 Å². The van der Waals surface area contributed by atoms with Gasteiger partial charge in [-0.25, -0.2) is 0 Å². The predicted molar refractivity (Wildman–Crippen MR) is 82.7 cm³/mol. The zero-order chi connectivity index (χ0) is 15.1. The van der Waals surface area contributed by atoms with Crippen molar-refractivity contribution in [2.75, 3.05) is 33.4 Å². The van der Waals surface area contributed by atoms with Gasteiger partial charge in [0.05, 0.1) is 18.8 Å². The molecule has 0 aliphatic carbocycles. The van der Waals surface area contributed by atoms with Gasteiger partial charge < -0.3 is 10.5 Å². The Labute approximate surface area is 123 Å². The van der Waals surface area contributed by atoms with E-state index >= 15 is 0 Å². The van der Waals surface area contributed by atoms with Crippen LogP contribution in [0, 0.1) is 5.92 Å². The number of ether oxygens (including phenoxy) is 1. The number of hydrogen-bond donors (Lipinski definition) is 1. The van der Waals surface area contributed by atoms with Crippen LogP contribution in [0.4, 0.5) is 0 Å². The average molecular weight is 282 g/mol. The van der Waals surface area contributed by atoms with E-state index in [1.54, 1.807) is 7.11 Å².